The monoisotopic (exact) mass is 528 g/mol. The summed E-state index contributed by atoms with van der Waals surface area (Å²) in [5.41, 5.74) is 1.96. The highest BCUT2D eigenvalue weighted by Crippen LogP contribution is 2.17. The number of carbonyl (C=O) groups is 3. The van der Waals surface area contributed by atoms with E-state index in [1.807, 2.05) is 20.8 Å². The topological polar surface area (TPSA) is 129 Å². The van der Waals surface area contributed by atoms with Gasteiger partial charge in [-0.05, 0) is 81.4 Å². The number of hydrogen-bond donors (Lipinski definition) is 2. The van der Waals surface area contributed by atoms with Gasteiger partial charge in [0, 0.05) is 35.4 Å². The number of anilines is 2. The Labute approximate surface area is 224 Å². The molecule has 200 valence electrons. The SMILES string of the molecule is CCOc1ccc(NC(=O)c2ccc(NC(=O)COC(=O)c3cn(CC)c4nc(C)ccc4c3=O)cc2)cc1. The summed E-state index contributed by atoms with van der Waals surface area (Å²) in [5, 5.41) is 5.69. The third kappa shape index (κ3) is 6.48. The molecule has 0 saturated carbocycles. The molecular weight excluding hydrogens is 500 g/mol. The number of pyridine rings is 2. The number of carbonyl (C=O) groups excluding carboxylic acids is 3. The fourth-order valence-corrected chi connectivity index (χ4v) is 3.86. The quantitative estimate of drug-likeness (QED) is 0.312. The molecule has 0 bridgehead atoms. The van der Waals surface area contributed by atoms with Gasteiger partial charge in [0.2, 0.25) is 5.43 Å². The number of hydrogen-bond acceptors (Lipinski definition) is 7. The minimum Gasteiger partial charge on any atom is -0.494 e. The number of esters is 1. The van der Waals surface area contributed by atoms with Crippen molar-refractivity contribution in [3.63, 3.8) is 0 Å². The lowest BCUT2D eigenvalue weighted by Crippen LogP contribution is -2.25. The van der Waals surface area contributed by atoms with Gasteiger partial charge >= 0.3 is 5.97 Å². The molecule has 10 nitrogen and oxygen atoms in total. The first-order chi connectivity index (χ1) is 18.8. The zero-order chi connectivity index (χ0) is 27.9. The molecule has 0 unspecified atom stereocenters. The summed E-state index contributed by atoms with van der Waals surface area (Å²) in [6, 6.07) is 16.6. The summed E-state index contributed by atoms with van der Waals surface area (Å²) >= 11 is 0. The number of aryl methyl sites for hydroxylation is 2. The average molecular weight is 529 g/mol. The minimum atomic E-state index is -0.902. The summed E-state index contributed by atoms with van der Waals surface area (Å²) < 4.78 is 12.2. The van der Waals surface area contributed by atoms with Gasteiger partial charge in [-0.1, -0.05) is 0 Å². The second-order valence-electron chi connectivity index (χ2n) is 8.59. The lowest BCUT2D eigenvalue weighted by atomic mass is 10.2. The van der Waals surface area contributed by atoms with E-state index in [2.05, 4.69) is 15.6 Å². The molecule has 0 fully saturated rings. The number of nitrogens with one attached hydrogen (secondary N) is 2. The van der Waals surface area contributed by atoms with Crippen molar-refractivity contribution in [1.29, 1.82) is 0 Å². The molecule has 4 aromatic rings. The van der Waals surface area contributed by atoms with Crippen molar-refractivity contribution in [3.05, 3.63) is 93.9 Å². The number of benzene rings is 2. The molecule has 2 amide bonds. The Hall–Kier alpha value is -4.99. The Balaban J connectivity index is 1.34. The maximum atomic E-state index is 12.8. The predicted octanol–water partition coefficient (Wildman–Crippen LogP) is 4.17. The number of nitrogens with zero attached hydrogens (tertiary/aromatic N) is 2. The molecule has 2 aromatic carbocycles. The molecule has 4 rings (SSSR count). The molecule has 0 aliphatic carbocycles. The molecule has 2 aromatic heterocycles. The van der Waals surface area contributed by atoms with E-state index in [4.69, 9.17) is 9.47 Å². The number of amides is 2. The van der Waals surface area contributed by atoms with Crippen LogP contribution in [0.3, 0.4) is 0 Å². The van der Waals surface area contributed by atoms with Crippen LogP contribution in [0.2, 0.25) is 0 Å². The molecule has 0 saturated heterocycles. The van der Waals surface area contributed by atoms with Crippen LogP contribution < -0.4 is 20.8 Å². The predicted molar refractivity (Wildman–Crippen MR) is 147 cm³/mol. The van der Waals surface area contributed by atoms with Crippen molar-refractivity contribution in [2.24, 2.45) is 0 Å². The van der Waals surface area contributed by atoms with Crippen LogP contribution in [0.15, 0.2) is 71.7 Å². The van der Waals surface area contributed by atoms with Gasteiger partial charge < -0.3 is 24.7 Å². The average Bonchev–Trinajstić information content (AvgIpc) is 2.93. The summed E-state index contributed by atoms with van der Waals surface area (Å²) in [7, 11) is 0. The Bertz CT molecular complexity index is 1580. The first-order valence-electron chi connectivity index (χ1n) is 12.4. The first-order valence-corrected chi connectivity index (χ1v) is 12.4. The van der Waals surface area contributed by atoms with Crippen LogP contribution in [0.25, 0.3) is 11.0 Å². The molecule has 2 heterocycles. The van der Waals surface area contributed by atoms with E-state index in [1.165, 1.54) is 6.20 Å². The van der Waals surface area contributed by atoms with Crippen molar-refractivity contribution in [1.82, 2.24) is 9.55 Å². The molecule has 10 heteroatoms. The Morgan fingerprint density at radius 2 is 1.56 bits per heavy atom. The smallest absolute Gasteiger partial charge is 0.344 e. The Morgan fingerprint density at radius 1 is 0.897 bits per heavy atom. The zero-order valence-electron chi connectivity index (χ0n) is 21.8. The van der Waals surface area contributed by atoms with Gasteiger partial charge in [0.25, 0.3) is 11.8 Å². The van der Waals surface area contributed by atoms with Crippen molar-refractivity contribution in [2.45, 2.75) is 27.3 Å². The molecule has 2 N–H and O–H groups in total. The minimum absolute atomic E-state index is 0.175. The zero-order valence-corrected chi connectivity index (χ0v) is 21.8. The highest BCUT2D eigenvalue weighted by molar-refractivity contribution is 6.04. The van der Waals surface area contributed by atoms with E-state index in [1.54, 1.807) is 65.2 Å². The van der Waals surface area contributed by atoms with E-state index in [0.29, 0.717) is 46.9 Å². The van der Waals surface area contributed by atoms with Gasteiger partial charge in [-0.25, -0.2) is 9.78 Å². The molecule has 0 radical (unpaired) electrons. The van der Waals surface area contributed by atoms with Crippen LogP contribution in [0.5, 0.6) is 5.75 Å². The first kappa shape index (κ1) is 27.1. The van der Waals surface area contributed by atoms with Crippen LogP contribution in [0.4, 0.5) is 11.4 Å². The fraction of sp³-hybridized carbons (Fsp3) is 0.207. The van der Waals surface area contributed by atoms with E-state index in [-0.39, 0.29) is 11.5 Å². The van der Waals surface area contributed by atoms with Gasteiger partial charge in [-0.15, -0.1) is 0 Å². The molecule has 0 spiro atoms. The summed E-state index contributed by atoms with van der Waals surface area (Å²) in [5.74, 6) is -1.10. The van der Waals surface area contributed by atoms with Gasteiger partial charge in [0.15, 0.2) is 6.61 Å². The Kier molecular flexibility index (Phi) is 8.35. The van der Waals surface area contributed by atoms with Crippen LogP contribution in [-0.2, 0) is 16.1 Å². The third-order valence-electron chi connectivity index (χ3n) is 5.81. The van der Waals surface area contributed by atoms with E-state index < -0.39 is 23.9 Å². The largest absolute Gasteiger partial charge is 0.494 e. The number of aromatic nitrogens is 2. The maximum absolute atomic E-state index is 12.8. The number of ether oxygens (including phenoxy) is 2. The second-order valence-corrected chi connectivity index (χ2v) is 8.59. The van der Waals surface area contributed by atoms with Crippen LogP contribution in [0.1, 0.15) is 40.3 Å². The van der Waals surface area contributed by atoms with Crippen molar-refractivity contribution >= 4 is 40.2 Å². The third-order valence-corrected chi connectivity index (χ3v) is 5.81. The highest BCUT2D eigenvalue weighted by Gasteiger charge is 2.18. The van der Waals surface area contributed by atoms with Crippen LogP contribution in [0, 0.1) is 6.92 Å². The molecular formula is C29H28N4O6. The van der Waals surface area contributed by atoms with Crippen LogP contribution >= 0.6 is 0 Å². The lowest BCUT2D eigenvalue weighted by molar-refractivity contribution is -0.119. The molecule has 0 atom stereocenters. The van der Waals surface area contributed by atoms with Crippen molar-refractivity contribution in [2.75, 3.05) is 23.8 Å². The normalized spacial score (nSPS) is 10.6. The van der Waals surface area contributed by atoms with E-state index >= 15 is 0 Å². The van der Waals surface area contributed by atoms with E-state index in [9.17, 15) is 19.2 Å². The number of fused-ring (bicyclic) bond motifs is 1. The standard InChI is InChI=1S/C29H28N4O6/c1-4-33-16-24(26(35)23-15-6-18(3)30-27(23)33)29(37)39-17-25(34)31-20-9-7-19(8-10-20)28(36)32-21-11-13-22(14-12-21)38-5-2/h6-16H,4-5,17H2,1-3H3,(H,31,34)(H,32,36). The second kappa shape index (κ2) is 12.0. The van der Waals surface area contributed by atoms with Crippen molar-refractivity contribution in [3.8, 4) is 5.75 Å². The maximum Gasteiger partial charge on any atom is 0.344 e. The Morgan fingerprint density at radius 3 is 2.23 bits per heavy atom. The van der Waals surface area contributed by atoms with Gasteiger partial charge in [-0.2, -0.15) is 0 Å². The summed E-state index contributed by atoms with van der Waals surface area (Å²) in [6.07, 6.45) is 1.40. The molecule has 0 aliphatic heterocycles. The van der Waals surface area contributed by atoms with Gasteiger partial charge in [0.1, 0.15) is 17.0 Å². The molecule has 39 heavy (non-hydrogen) atoms. The highest BCUT2D eigenvalue weighted by atomic mass is 16.5. The van der Waals surface area contributed by atoms with E-state index in [0.717, 1.165) is 5.69 Å². The lowest BCUT2D eigenvalue weighted by Gasteiger charge is -2.11. The molecule has 0 aliphatic rings. The fourth-order valence-electron chi connectivity index (χ4n) is 3.86. The summed E-state index contributed by atoms with van der Waals surface area (Å²) in [6.45, 7) is 6.03. The van der Waals surface area contributed by atoms with Crippen LogP contribution in [-0.4, -0.2) is 40.5 Å². The van der Waals surface area contributed by atoms with Gasteiger partial charge in [0.05, 0.1) is 12.0 Å². The summed E-state index contributed by atoms with van der Waals surface area (Å²) in [4.78, 5) is 54.8. The number of rotatable bonds is 9. The van der Waals surface area contributed by atoms with Gasteiger partial charge in [-0.3, -0.25) is 14.4 Å². The van der Waals surface area contributed by atoms with Crippen molar-refractivity contribution < 1.29 is 23.9 Å².